The standard InChI is InChI=1S/C16H19ClN4O4S3/c17-11-2-1-10(27-11)9-26-14-12(15(22)23)13(28-20-14)19-16(24)18-3-4-21-5-7-25-8-6-21/h1-2H,3-9H2,(H,22,23)(H2,18,19,24). The number of nitrogens with zero attached hydrogens (tertiary/aromatic N) is 2. The van der Waals surface area contributed by atoms with Gasteiger partial charge >= 0.3 is 12.0 Å². The topological polar surface area (TPSA) is 104 Å². The summed E-state index contributed by atoms with van der Waals surface area (Å²) in [6.07, 6.45) is 0. The maximum atomic E-state index is 12.1. The second kappa shape index (κ2) is 10.4. The van der Waals surface area contributed by atoms with Gasteiger partial charge in [0.05, 0.1) is 17.6 Å². The highest BCUT2D eigenvalue weighted by Gasteiger charge is 2.22. The number of hydrogen-bond acceptors (Lipinski definition) is 8. The minimum Gasteiger partial charge on any atom is -0.477 e. The van der Waals surface area contributed by atoms with E-state index in [2.05, 4.69) is 19.9 Å². The fourth-order valence-corrected chi connectivity index (χ4v) is 5.59. The average molecular weight is 463 g/mol. The number of morpholine rings is 1. The third-order valence-electron chi connectivity index (χ3n) is 3.90. The first kappa shape index (κ1) is 21.3. The van der Waals surface area contributed by atoms with Crippen LogP contribution in [-0.2, 0) is 10.5 Å². The van der Waals surface area contributed by atoms with Gasteiger partial charge in [-0.3, -0.25) is 10.2 Å². The van der Waals surface area contributed by atoms with E-state index < -0.39 is 12.0 Å². The Morgan fingerprint density at radius 1 is 1.36 bits per heavy atom. The molecule has 28 heavy (non-hydrogen) atoms. The van der Waals surface area contributed by atoms with E-state index in [1.54, 1.807) is 6.07 Å². The Hall–Kier alpha value is -1.37. The molecule has 1 aliphatic heterocycles. The van der Waals surface area contributed by atoms with Gasteiger partial charge < -0.3 is 15.2 Å². The van der Waals surface area contributed by atoms with Crippen molar-refractivity contribution in [2.75, 3.05) is 44.7 Å². The number of rotatable bonds is 8. The maximum absolute atomic E-state index is 12.1. The molecular weight excluding hydrogens is 444 g/mol. The predicted molar refractivity (Wildman–Crippen MR) is 112 cm³/mol. The molecule has 3 heterocycles. The number of anilines is 1. The molecule has 0 spiro atoms. The first-order valence-electron chi connectivity index (χ1n) is 8.48. The molecule has 0 atom stereocenters. The van der Waals surface area contributed by atoms with Gasteiger partial charge in [-0.25, -0.2) is 9.59 Å². The number of hydrogen-bond donors (Lipinski definition) is 3. The molecule has 0 aliphatic carbocycles. The first-order chi connectivity index (χ1) is 13.5. The molecule has 0 unspecified atom stereocenters. The van der Waals surface area contributed by atoms with Crippen LogP contribution in [0.4, 0.5) is 9.80 Å². The molecule has 3 N–H and O–H groups in total. The van der Waals surface area contributed by atoms with Crippen LogP contribution in [0.1, 0.15) is 15.2 Å². The van der Waals surface area contributed by atoms with E-state index in [-0.39, 0.29) is 10.6 Å². The molecule has 12 heteroatoms. The van der Waals surface area contributed by atoms with Crippen LogP contribution in [0.5, 0.6) is 0 Å². The van der Waals surface area contributed by atoms with Gasteiger partial charge in [-0.05, 0) is 23.7 Å². The lowest BCUT2D eigenvalue weighted by molar-refractivity contribution is 0.0388. The van der Waals surface area contributed by atoms with E-state index >= 15 is 0 Å². The number of amides is 2. The number of carboxylic acid groups (broad SMARTS) is 1. The molecule has 2 amide bonds. The normalized spacial score (nSPS) is 14.8. The average Bonchev–Trinajstić information content (AvgIpc) is 3.26. The Labute approximate surface area is 179 Å². The number of thiophene rings is 1. The lowest BCUT2D eigenvalue weighted by Gasteiger charge is -2.26. The molecule has 2 aromatic heterocycles. The van der Waals surface area contributed by atoms with Gasteiger partial charge in [0.15, 0.2) is 0 Å². The molecule has 0 aromatic carbocycles. The van der Waals surface area contributed by atoms with E-state index in [0.29, 0.717) is 34.9 Å². The van der Waals surface area contributed by atoms with Crippen molar-refractivity contribution in [3.8, 4) is 0 Å². The number of nitrogens with one attached hydrogen (secondary N) is 2. The smallest absolute Gasteiger partial charge is 0.341 e. The number of aromatic nitrogens is 1. The molecule has 1 fully saturated rings. The third-order valence-corrected chi connectivity index (χ3v) is 7.22. The number of thioether (sulfide) groups is 1. The molecule has 8 nitrogen and oxygen atoms in total. The van der Waals surface area contributed by atoms with Gasteiger partial charge in [-0.15, -0.1) is 11.3 Å². The zero-order valence-corrected chi connectivity index (χ0v) is 18.0. The van der Waals surface area contributed by atoms with Crippen LogP contribution in [0.3, 0.4) is 0 Å². The lowest BCUT2D eigenvalue weighted by atomic mass is 10.3. The predicted octanol–water partition coefficient (Wildman–Crippen LogP) is 3.30. The van der Waals surface area contributed by atoms with Gasteiger partial charge in [0.25, 0.3) is 0 Å². The van der Waals surface area contributed by atoms with E-state index in [0.717, 1.165) is 36.0 Å². The summed E-state index contributed by atoms with van der Waals surface area (Å²) in [5.74, 6) is -0.559. The van der Waals surface area contributed by atoms with Gasteiger partial charge in [0, 0.05) is 36.8 Å². The zero-order valence-electron chi connectivity index (χ0n) is 14.8. The largest absolute Gasteiger partial charge is 0.477 e. The van der Waals surface area contributed by atoms with Crippen molar-refractivity contribution in [2.45, 2.75) is 10.8 Å². The molecule has 152 valence electrons. The highest BCUT2D eigenvalue weighted by atomic mass is 35.5. The van der Waals surface area contributed by atoms with E-state index in [1.807, 2.05) is 6.07 Å². The number of carbonyl (C=O) groups is 2. The second-order valence-corrected chi connectivity index (χ2v) is 9.36. The molecular formula is C16H19ClN4O4S3. The summed E-state index contributed by atoms with van der Waals surface area (Å²) in [5, 5.41) is 15.5. The van der Waals surface area contributed by atoms with Gasteiger partial charge in [-0.1, -0.05) is 23.4 Å². The molecule has 1 aliphatic rings. The summed E-state index contributed by atoms with van der Waals surface area (Å²) in [7, 11) is 0. The van der Waals surface area contributed by atoms with Crippen LogP contribution < -0.4 is 10.6 Å². The summed E-state index contributed by atoms with van der Waals surface area (Å²) in [6.45, 7) is 4.28. The van der Waals surface area contributed by atoms with Crippen LogP contribution in [0, 0.1) is 0 Å². The van der Waals surface area contributed by atoms with Crippen molar-refractivity contribution < 1.29 is 19.4 Å². The summed E-state index contributed by atoms with van der Waals surface area (Å²) in [4.78, 5) is 27.0. The SMILES string of the molecule is O=C(NCCN1CCOCC1)Nc1snc(SCc2ccc(Cl)s2)c1C(=O)O. The Kier molecular flexibility index (Phi) is 7.94. The first-order valence-corrected chi connectivity index (χ1v) is 11.4. The summed E-state index contributed by atoms with van der Waals surface area (Å²) in [6, 6.07) is 3.25. The minimum atomic E-state index is -1.12. The fourth-order valence-electron chi connectivity index (χ4n) is 2.52. The number of ether oxygens (including phenoxy) is 1. The van der Waals surface area contributed by atoms with Crippen molar-refractivity contribution in [3.63, 3.8) is 0 Å². The Morgan fingerprint density at radius 3 is 2.82 bits per heavy atom. The van der Waals surface area contributed by atoms with Crippen molar-refractivity contribution >= 4 is 63.2 Å². The molecule has 3 rings (SSSR count). The van der Waals surface area contributed by atoms with Crippen molar-refractivity contribution in [3.05, 3.63) is 26.9 Å². The van der Waals surface area contributed by atoms with Crippen molar-refractivity contribution in [1.29, 1.82) is 0 Å². The minimum absolute atomic E-state index is 0.0148. The fraction of sp³-hybridized carbons (Fsp3) is 0.438. The van der Waals surface area contributed by atoms with Crippen LogP contribution in [-0.4, -0.2) is 65.8 Å². The van der Waals surface area contributed by atoms with Crippen LogP contribution in [0.2, 0.25) is 4.34 Å². The Balaban J connectivity index is 1.53. The molecule has 0 saturated carbocycles. The quantitative estimate of drug-likeness (QED) is 0.517. The number of carbonyl (C=O) groups excluding carboxylic acids is 1. The molecule has 0 radical (unpaired) electrons. The molecule has 1 saturated heterocycles. The second-order valence-electron chi connectivity index (χ2n) is 5.83. The number of urea groups is 1. The molecule has 2 aromatic rings. The van der Waals surface area contributed by atoms with E-state index in [9.17, 15) is 14.7 Å². The van der Waals surface area contributed by atoms with Gasteiger partial charge in [0.1, 0.15) is 15.6 Å². The van der Waals surface area contributed by atoms with Gasteiger partial charge in [0.2, 0.25) is 0 Å². The summed E-state index contributed by atoms with van der Waals surface area (Å²) < 4.78 is 10.2. The summed E-state index contributed by atoms with van der Waals surface area (Å²) >= 11 is 9.62. The maximum Gasteiger partial charge on any atom is 0.341 e. The van der Waals surface area contributed by atoms with Gasteiger partial charge in [-0.2, -0.15) is 4.37 Å². The van der Waals surface area contributed by atoms with Crippen molar-refractivity contribution in [2.24, 2.45) is 0 Å². The Morgan fingerprint density at radius 2 is 2.14 bits per heavy atom. The Bertz CT molecular complexity index is 823. The van der Waals surface area contributed by atoms with Crippen LogP contribution in [0.25, 0.3) is 0 Å². The number of halogens is 1. The van der Waals surface area contributed by atoms with E-state index in [4.69, 9.17) is 16.3 Å². The third kappa shape index (κ3) is 6.06. The van der Waals surface area contributed by atoms with Crippen LogP contribution >= 0.6 is 46.2 Å². The van der Waals surface area contributed by atoms with Crippen molar-refractivity contribution in [1.82, 2.24) is 14.6 Å². The lowest BCUT2D eigenvalue weighted by Crippen LogP contribution is -2.42. The van der Waals surface area contributed by atoms with Crippen LogP contribution in [0.15, 0.2) is 17.2 Å². The highest BCUT2D eigenvalue weighted by Crippen LogP contribution is 2.35. The molecule has 0 bridgehead atoms. The van der Waals surface area contributed by atoms with E-state index in [1.165, 1.54) is 23.1 Å². The zero-order chi connectivity index (χ0) is 19.9. The highest BCUT2D eigenvalue weighted by molar-refractivity contribution is 7.98. The number of carboxylic acids is 1. The monoisotopic (exact) mass is 462 g/mol. The number of aromatic carboxylic acids is 1. The summed E-state index contributed by atoms with van der Waals surface area (Å²) in [5.41, 5.74) is 0.0148.